The quantitative estimate of drug-likeness (QED) is 0.748. The standard InChI is InChI=1S/C18H21F3N2O/c1-11-8-14(18(19,20)21)13-10-16(23-15(13)9-11)17(24)22-12-6-4-2-3-5-7-12/h8-10,12,23H,2-7H2,1H3,(H,22,24). The van der Waals surface area contributed by atoms with Gasteiger partial charge in [-0.3, -0.25) is 4.79 Å². The zero-order chi connectivity index (χ0) is 17.3. The molecule has 24 heavy (non-hydrogen) atoms. The van der Waals surface area contributed by atoms with Crippen molar-refractivity contribution in [2.75, 3.05) is 0 Å². The van der Waals surface area contributed by atoms with Crippen LogP contribution in [-0.4, -0.2) is 16.9 Å². The highest BCUT2D eigenvalue weighted by Crippen LogP contribution is 2.36. The maximum absolute atomic E-state index is 13.2. The molecule has 2 N–H and O–H groups in total. The van der Waals surface area contributed by atoms with Gasteiger partial charge in [-0.2, -0.15) is 13.2 Å². The van der Waals surface area contributed by atoms with E-state index in [1.807, 2.05) is 0 Å². The minimum absolute atomic E-state index is 0.0408. The molecule has 1 aromatic heterocycles. The fraction of sp³-hybridized carbons (Fsp3) is 0.500. The summed E-state index contributed by atoms with van der Waals surface area (Å²) in [6.07, 6.45) is 1.92. The summed E-state index contributed by atoms with van der Waals surface area (Å²) in [5, 5.41) is 3.00. The molecule has 1 aromatic carbocycles. The summed E-state index contributed by atoms with van der Waals surface area (Å²) in [6.45, 7) is 1.61. The Labute approximate surface area is 138 Å². The van der Waals surface area contributed by atoms with Gasteiger partial charge in [0.25, 0.3) is 5.91 Å². The number of carbonyl (C=O) groups excluding carboxylic acids is 1. The molecule has 1 fully saturated rings. The SMILES string of the molecule is Cc1cc(C(F)(F)F)c2cc(C(=O)NC3CCCCCC3)[nH]c2c1. The highest BCUT2D eigenvalue weighted by molar-refractivity contribution is 5.99. The summed E-state index contributed by atoms with van der Waals surface area (Å²) in [5.41, 5.74) is 0.327. The van der Waals surface area contributed by atoms with E-state index in [0.29, 0.717) is 11.1 Å². The molecule has 1 amide bonds. The Morgan fingerprint density at radius 3 is 2.42 bits per heavy atom. The number of benzene rings is 1. The van der Waals surface area contributed by atoms with Crippen LogP contribution in [0.3, 0.4) is 0 Å². The van der Waals surface area contributed by atoms with Crippen LogP contribution in [0.1, 0.15) is 60.1 Å². The number of rotatable bonds is 2. The number of alkyl halides is 3. The second-order valence-corrected chi connectivity index (χ2v) is 6.62. The van der Waals surface area contributed by atoms with Crippen LogP contribution < -0.4 is 5.32 Å². The zero-order valence-corrected chi connectivity index (χ0v) is 13.6. The van der Waals surface area contributed by atoms with E-state index in [0.717, 1.165) is 31.7 Å². The van der Waals surface area contributed by atoms with Crippen molar-refractivity contribution in [3.63, 3.8) is 0 Å². The van der Waals surface area contributed by atoms with Crippen LogP contribution in [0.5, 0.6) is 0 Å². The first-order valence-corrected chi connectivity index (χ1v) is 8.36. The molecule has 3 rings (SSSR count). The lowest BCUT2D eigenvalue weighted by atomic mass is 10.1. The van der Waals surface area contributed by atoms with Gasteiger partial charge >= 0.3 is 6.18 Å². The van der Waals surface area contributed by atoms with Gasteiger partial charge in [-0.05, 0) is 43.5 Å². The molecule has 0 saturated heterocycles. The topological polar surface area (TPSA) is 44.9 Å². The molecule has 1 aliphatic rings. The number of aryl methyl sites for hydroxylation is 1. The molecular weight excluding hydrogens is 317 g/mol. The third kappa shape index (κ3) is 3.57. The molecule has 0 atom stereocenters. The first kappa shape index (κ1) is 16.9. The summed E-state index contributed by atoms with van der Waals surface area (Å²) >= 11 is 0. The van der Waals surface area contributed by atoms with Gasteiger partial charge < -0.3 is 10.3 Å². The van der Waals surface area contributed by atoms with E-state index < -0.39 is 11.7 Å². The third-order valence-corrected chi connectivity index (χ3v) is 4.62. The van der Waals surface area contributed by atoms with Crippen LogP contribution in [-0.2, 0) is 6.18 Å². The third-order valence-electron chi connectivity index (χ3n) is 4.62. The monoisotopic (exact) mass is 338 g/mol. The van der Waals surface area contributed by atoms with Gasteiger partial charge in [0.2, 0.25) is 0 Å². The number of H-pyrrole nitrogens is 1. The molecule has 0 unspecified atom stereocenters. The van der Waals surface area contributed by atoms with E-state index in [1.165, 1.54) is 18.9 Å². The summed E-state index contributed by atoms with van der Waals surface area (Å²) in [7, 11) is 0. The first-order chi connectivity index (χ1) is 11.3. The molecule has 6 heteroatoms. The van der Waals surface area contributed by atoms with Crippen molar-refractivity contribution < 1.29 is 18.0 Å². The highest BCUT2D eigenvalue weighted by atomic mass is 19.4. The fourth-order valence-electron chi connectivity index (χ4n) is 3.43. The van der Waals surface area contributed by atoms with Crippen molar-refractivity contribution in [3.05, 3.63) is 35.0 Å². The van der Waals surface area contributed by atoms with Crippen LogP contribution >= 0.6 is 0 Å². The molecule has 0 spiro atoms. The van der Waals surface area contributed by atoms with Crippen LogP contribution in [0.25, 0.3) is 10.9 Å². The molecule has 1 aliphatic carbocycles. The molecule has 1 heterocycles. The smallest absolute Gasteiger partial charge is 0.351 e. The lowest BCUT2D eigenvalue weighted by molar-refractivity contribution is -0.136. The summed E-state index contributed by atoms with van der Waals surface area (Å²) in [4.78, 5) is 15.3. The second kappa shape index (κ2) is 6.49. The molecule has 2 aromatic rings. The Morgan fingerprint density at radius 2 is 1.79 bits per heavy atom. The number of hydrogen-bond donors (Lipinski definition) is 2. The Bertz CT molecular complexity index is 741. The lowest BCUT2D eigenvalue weighted by Crippen LogP contribution is -2.34. The molecule has 0 aliphatic heterocycles. The minimum atomic E-state index is -4.44. The predicted octanol–water partition coefficient (Wildman–Crippen LogP) is 4.95. The van der Waals surface area contributed by atoms with Gasteiger partial charge in [0.15, 0.2) is 0 Å². The van der Waals surface area contributed by atoms with Crippen molar-refractivity contribution in [1.82, 2.24) is 10.3 Å². The van der Waals surface area contributed by atoms with Gasteiger partial charge in [0.1, 0.15) is 5.69 Å². The summed E-state index contributed by atoms with van der Waals surface area (Å²) in [5.74, 6) is -0.330. The van der Waals surface area contributed by atoms with Crippen LogP contribution in [0.15, 0.2) is 18.2 Å². The number of fused-ring (bicyclic) bond motifs is 1. The number of nitrogens with one attached hydrogen (secondary N) is 2. The largest absolute Gasteiger partial charge is 0.417 e. The summed E-state index contributed by atoms with van der Waals surface area (Å²) in [6, 6.07) is 4.16. The van der Waals surface area contributed by atoms with Gasteiger partial charge in [-0.15, -0.1) is 0 Å². The maximum Gasteiger partial charge on any atom is 0.417 e. The number of aromatic amines is 1. The number of amides is 1. The molecule has 130 valence electrons. The van der Waals surface area contributed by atoms with Crippen molar-refractivity contribution >= 4 is 16.8 Å². The minimum Gasteiger partial charge on any atom is -0.351 e. The van der Waals surface area contributed by atoms with Crippen molar-refractivity contribution in [2.24, 2.45) is 0 Å². The predicted molar refractivity (Wildman–Crippen MR) is 87.0 cm³/mol. The van der Waals surface area contributed by atoms with E-state index in [2.05, 4.69) is 10.3 Å². The average Bonchev–Trinajstić information content (AvgIpc) is 2.75. The summed E-state index contributed by atoms with van der Waals surface area (Å²) < 4.78 is 39.6. The number of hydrogen-bond acceptors (Lipinski definition) is 1. The van der Waals surface area contributed by atoms with Gasteiger partial charge in [0.05, 0.1) is 5.56 Å². The van der Waals surface area contributed by atoms with E-state index in [4.69, 9.17) is 0 Å². The van der Waals surface area contributed by atoms with Gasteiger partial charge in [0, 0.05) is 16.9 Å². The molecule has 3 nitrogen and oxygen atoms in total. The Morgan fingerprint density at radius 1 is 1.12 bits per heavy atom. The second-order valence-electron chi connectivity index (χ2n) is 6.62. The Kier molecular flexibility index (Phi) is 4.56. The van der Waals surface area contributed by atoms with Crippen LogP contribution in [0, 0.1) is 6.92 Å². The van der Waals surface area contributed by atoms with Crippen molar-refractivity contribution in [1.29, 1.82) is 0 Å². The average molecular weight is 338 g/mol. The van der Waals surface area contributed by atoms with E-state index in [9.17, 15) is 18.0 Å². The fourth-order valence-corrected chi connectivity index (χ4v) is 3.43. The molecular formula is C18H21F3N2O. The van der Waals surface area contributed by atoms with E-state index >= 15 is 0 Å². The maximum atomic E-state index is 13.2. The van der Waals surface area contributed by atoms with E-state index in [-0.39, 0.29) is 23.0 Å². The van der Waals surface area contributed by atoms with Crippen molar-refractivity contribution in [2.45, 2.75) is 57.7 Å². The van der Waals surface area contributed by atoms with E-state index in [1.54, 1.807) is 13.0 Å². The zero-order valence-electron chi connectivity index (χ0n) is 13.6. The normalized spacial score (nSPS) is 17.0. The van der Waals surface area contributed by atoms with Crippen LogP contribution in [0.4, 0.5) is 13.2 Å². The Hall–Kier alpha value is -1.98. The number of carbonyl (C=O) groups is 1. The molecule has 0 radical (unpaired) electrons. The Balaban J connectivity index is 1.88. The van der Waals surface area contributed by atoms with Gasteiger partial charge in [-0.25, -0.2) is 0 Å². The number of aromatic nitrogens is 1. The van der Waals surface area contributed by atoms with Crippen LogP contribution in [0.2, 0.25) is 0 Å². The first-order valence-electron chi connectivity index (χ1n) is 8.36. The lowest BCUT2D eigenvalue weighted by Gasteiger charge is -2.15. The van der Waals surface area contributed by atoms with Gasteiger partial charge in [-0.1, -0.05) is 25.7 Å². The highest BCUT2D eigenvalue weighted by Gasteiger charge is 2.33. The number of halogens is 3. The van der Waals surface area contributed by atoms with Crippen molar-refractivity contribution in [3.8, 4) is 0 Å². The molecule has 0 bridgehead atoms. The molecule has 1 saturated carbocycles.